The first-order valence-electron chi connectivity index (χ1n) is 8.00. The normalized spacial score (nSPS) is 11.5. The van der Waals surface area contributed by atoms with E-state index < -0.39 is 0 Å². The molecule has 9 heteroatoms. The molecule has 0 saturated heterocycles. The van der Waals surface area contributed by atoms with E-state index >= 15 is 0 Å². The zero-order valence-corrected chi connectivity index (χ0v) is 15.0. The van der Waals surface area contributed by atoms with Crippen molar-refractivity contribution in [3.8, 4) is 11.3 Å². The molecule has 0 atom stereocenters. The summed E-state index contributed by atoms with van der Waals surface area (Å²) in [6, 6.07) is 3.88. The van der Waals surface area contributed by atoms with Crippen LogP contribution in [0.4, 0.5) is 5.13 Å². The highest BCUT2D eigenvalue weighted by Crippen LogP contribution is 2.24. The third-order valence-corrected chi connectivity index (χ3v) is 4.79. The van der Waals surface area contributed by atoms with Crippen LogP contribution in [-0.2, 0) is 13.6 Å². The van der Waals surface area contributed by atoms with Crippen LogP contribution in [-0.4, -0.2) is 34.3 Å². The SMILES string of the molecule is CC(C)c1nnc(CNc2nn3cc(-c4cccnc4)nc3s2)n1C. The summed E-state index contributed by atoms with van der Waals surface area (Å²) in [5.41, 5.74) is 1.85. The summed E-state index contributed by atoms with van der Waals surface area (Å²) in [6.07, 6.45) is 5.46. The Bertz CT molecular complexity index is 966. The average molecular weight is 354 g/mol. The van der Waals surface area contributed by atoms with Gasteiger partial charge in [-0.25, -0.2) is 9.50 Å². The number of rotatable bonds is 5. The quantitative estimate of drug-likeness (QED) is 0.593. The molecule has 0 spiro atoms. The highest BCUT2D eigenvalue weighted by molar-refractivity contribution is 7.20. The lowest BCUT2D eigenvalue weighted by molar-refractivity contribution is 0.692. The summed E-state index contributed by atoms with van der Waals surface area (Å²) in [6.45, 7) is 4.79. The molecule has 25 heavy (non-hydrogen) atoms. The maximum absolute atomic E-state index is 4.61. The molecule has 0 aliphatic carbocycles. The molecular weight excluding hydrogens is 336 g/mol. The van der Waals surface area contributed by atoms with Gasteiger partial charge >= 0.3 is 0 Å². The fourth-order valence-electron chi connectivity index (χ4n) is 2.61. The Hall–Kier alpha value is -2.81. The fraction of sp³-hybridized carbons (Fsp3) is 0.312. The molecule has 0 saturated carbocycles. The number of aromatic nitrogens is 7. The van der Waals surface area contributed by atoms with Crippen molar-refractivity contribution in [2.24, 2.45) is 7.05 Å². The Labute approximate surface area is 148 Å². The van der Waals surface area contributed by atoms with Gasteiger partial charge in [0.2, 0.25) is 10.1 Å². The number of fused-ring (bicyclic) bond motifs is 1. The summed E-state index contributed by atoms with van der Waals surface area (Å²) < 4.78 is 3.81. The zero-order chi connectivity index (χ0) is 17.4. The molecule has 8 nitrogen and oxygen atoms in total. The monoisotopic (exact) mass is 354 g/mol. The number of hydrogen-bond acceptors (Lipinski definition) is 7. The van der Waals surface area contributed by atoms with Gasteiger partial charge in [0, 0.05) is 30.9 Å². The van der Waals surface area contributed by atoms with Crippen LogP contribution in [0.25, 0.3) is 16.2 Å². The first-order chi connectivity index (χ1) is 12.1. The van der Waals surface area contributed by atoms with Crippen LogP contribution in [0, 0.1) is 0 Å². The highest BCUT2D eigenvalue weighted by atomic mass is 32.1. The second kappa shape index (κ2) is 6.25. The highest BCUT2D eigenvalue weighted by Gasteiger charge is 2.13. The largest absolute Gasteiger partial charge is 0.353 e. The van der Waals surface area contributed by atoms with E-state index in [2.05, 4.69) is 44.4 Å². The van der Waals surface area contributed by atoms with Crippen molar-refractivity contribution in [2.45, 2.75) is 26.3 Å². The van der Waals surface area contributed by atoms with Crippen molar-refractivity contribution in [3.63, 3.8) is 0 Å². The smallest absolute Gasteiger partial charge is 0.214 e. The van der Waals surface area contributed by atoms with Gasteiger partial charge in [-0.05, 0) is 12.1 Å². The molecule has 0 amide bonds. The molecule has 0 aromatic carbocycles. The van der Waals surface area contributed by atoms with Gasteiger partial charge in [-0.1, -0.05) is 25.2 Å². The summed E-state index contributed by atoms with van der Waals surface area (Å²) in [7, 11) is 1.99. The molecule has 4 aromatic rings. The van der Waals surface area contributed by atoms with E-state index in [1.54, 1.807) is 16.9 Å². The second-order valence-corrected chi connectivity index (χ2v) is 7.00. The van der Waals surface area contributed by atoms with Crippen molar-refractivity contribution >= 4 is 21.4 Å². The summed E-state index contributed by atoms with van der Waals surface area (Å²) >= 11 is 1.50. The van der Waals surface area contributed by atoms with Gasteiger partial charge in [-0.2, -0.15) is 0 Å². The topological polar surface area (TPSA) is 85.8 Å². The van der Waals surface area contributed by atoms with E-state index in [0.29, 0.717) is 12.5 Å². The Morgan fingerprint density at radius 1 is 1.28 bits per heavy atom. The van der Waals surface area contributed by atoms with Crippen LogP contribution < -0.4 is 5.32 Å². The molecule has 4 heterocycles. The van der Waals surface area contributed by atoms with Gasteiger partial charge in [0.25, 0.3) is 0 Å². The van der Waals surface area contributed by atoms with Gasteiger partial charge in [-0.3, -0.25) is 4.98 Å². The third-order valence-electron chi connectivity index (χ3n) is 3.91. The van der Waals surface area contributed by atoms with E-state index in [1.807, 2.05) is 29.9 Å². The maximum Gasteiger partial charge on any atom is 0.214 e. The number of nitrogens with zero attached hydrogens (tertiary/aromatic N) is 7. The minimum absolute atomic E-state index is 0.348. The Morgan fingerprint density at radius 3 is 2.84 bits per heavy atom. The van der Waals surface area contributed by atoms with Gasteiger partial charge in [-0.15, -0.1) is 15.3 Å². The first-order valence-corrected chi connectivity index (χ1v) is 8.82. The molecule has 0 bridgehead atoms. The van der Waals surface area contributed by atoms with E-state index in [4.69, 9.17) is 0 Å². The molecule has 0 radical (unpaired) electrons. The first kappa shape index (κ1) is 15.7. The second-order valence-electron chi connectivity index (χ2n) is 6.04. The number of pyridine rings is 1. The molecule has 0 fully saturated rings. The fourth-order valence-corrected chi connectivity index (χ4v) is 3.39. The van der Waals surface area contributed by atoms with Crippen molar-refractivity contribution in [1.29, 1.82) is 0 Å². The Kier molecular flexibility index (Phi) is 3.92. The van der Waals surface area contributed by atoms with Crippen molar-refractivity contribution in [1.82, 2.24) is 34.3 Å². The van der Waals surface area contributed by atoms with Crippen molar-refractivity contribution < 1.29 is 0 Å². The van der Waals surface area contributed by atoms with Crippen LogP contribution in [0.5, 0.6) is 0 Å². The molecule has 0 unspecified atom stereocenters. The van der Waals surface area contributed by atoms with Gasteiger partial charge in [0.1, 0.15) is 5.82 Å². The lowest BCUT2D eigenvalue weighted by Crippen LogP contribution is -2.08. The molecule has 128 valence electrons. The van der Waals surface area contributed by atoms with E-state index in [-0.39, 0.29) is 0 Å². The minimum Gasteiger partial charge on any atom is -0.353 e. The lowest BCUT2D eigenvalue weighted by atomic mass is 10.2. The van der Waals surface area contributed by atoms with Crippen LogP contribution in [0.15, 0.2) is 30.7 Å². The number of imidazole rings is 1. The van der Waals surface area contributed by atoms with Gasteiger partial charge in [0.15, 0.2) is 5.82 Å². The minimum atomic E-state index is 0.348. The predicted octanol–water partition coefficient (Wildman–Crippen LogP) is 2.72. The van der Waals surface area contributed by atoms with Crippen LogP contribution in [0.2, 0.25) is 0 Å². The Morgan fingerprint density at radius 2 is 2.16 bits per heavy atom. The number of nitrogens with one attached hydrogen (secondary N) is 1. The van der Waals surface area contributed by atoms with Gasteiger partial charge in [0.05, 0.1) is 18.4 Å². The maximum atomic E-state index is 4.61. The van der Waals surface area contributed by atoms with Gasteiger partial charge < -0.3 is 9.88 Å². The molecule has 1 N–H and O–H groups in total. The van der Waals surface area contributed by atoms with E-state index in [0.717, 1.165) is 33.0 Å². The zero-order valence-electron chi connectivity index (χ0n) is 14.2. The number of hydrogen-bond donors (Lipinski definition) is 1. The predicted molar refractivity (Wildman–Crippen MR) is 96.5 cm³/mol. The van der Waals surface area contributed by atoms with E-state index in [1.165, 1.54) is 11.3 Å². The number of anilines is 1. The van der Waals surface area contributed by atoms with Crippen molar-refractivity contribution in [2.75, 3.05) is 5.32 Å². The van der Waals surface area contributed by atoms with Crippen LogP contribution in [0.3, 0.4) is 0 Å². The summed E-state index contributed by atoms with van der Waals surface area (Å²) in [5, 5.41) is 17.1. The molecule has 0 aliphatic heterocycles. The standard InChI is InChI=1S/C16H18N8S/c1-10(2)14-21-20-13(23(14)3)8-18-15-22-24-9-12(19-16(24)25-15)11-5-4-6-17-7-11/h4-7,9-10H,8H2,1-3H3,(H,18,22). The molecule has 4 aromatic heterocycles. The average Bonchev–Trinajstić information content (AvgIpc) is 3.26. The van der Waals surface area contributed by atoms with Crippen LogP contribution >= 0.6 is 11.3 Å². The lowest BCUT2D eigenvalue weighted by Gasteiger charge is -2.06. The summed E-state index contributed by atoms with van der Waals surface area (Å²) in [4.78, 5) is 9.57. The third kappa shape index (κ3) is 2.98. The summed E-state index contributed by atoms with van der Waals surface area (Å²) in [5.74, 6) is 2.21. The molecule has 4 rings (SSSR count). The van der Waals surface area contributed by atoms with Crippen molar-refractivity contribution in [3.05, 3.63) is 42.4 Å². The molecule has 0 aliphatic rings. The Balaban J connectivity index is 1.50. The van der Waals surface area contributed by atoms with E-state index in [9.17, 15) is 0 Å². The molecular formula is C16H18N8S. The van der Waals surface area contributed by atoms with Crippen LogP contribution in [0.1, 0.15) is 31.4 Å².